The van der Waals surface area contributed by atoms with Crippen molar-refractivity contribution in [1.82, 2.24) is 14.3 Å². The maximum absolute atomic E-state index is 13.3. The van der Waals surface area contributed by atoms with Crippen LogP contribution in [0.2, 0.25) is 0 Å². The number of aryl methyl sites for hydroxylation is 1. The third-order valence-electron chi connectivity index (χ3n) is 5.15. The highest BCUT2D eigenvalue weighted by molar-refractivity contribution is 8.26. The molecular formula is C23H30N4O2S2. The Hall–Kier alpha value is -2.19. The maximum atomic E-state index is 13.3. The largest absolute Gasteiger partial charge is 0.369 e. The molecule has 1 saturated heterocycles. The Morgan fingerprint density at radius 1 is 1.26 bits per heavy atom. The number of hydrogen-bond donors (Lipinski definition) is 1. The molecule has 1 amide bonds. The van der Waals surface area contributed by atoms with Crippen molar-refractivity contribution in [2.24, 2.45) is 5.92 Å². The predicted molar refractivity (Wildman–Crippen MR) is 134 cm³/mol. The van der Waals surface area contributed by atoms with Gasteiger partial charge in [0.1, 0.15) is 15.8 Å². The molecule has 0 atom stereocenters. The first-order valence-electron chi connectivity index (χ1n) is 10.8. The molecule has 0 saturated carbocycles. The van der Waals surface area contributed by atoms with Gasteiger partial charge in [0.15, 0.2) is 0 Å². The number of rotatable bonds is 9. The third kappa shape index (κ3) is 5.36. The smallest absolute Gasteiger partial charge is 0.267 e. The van der Waals surface area contributed by atoms with E-state index >= 15 is 0 Å². The Bertz CT molecular complexity index is 1080. The summed E-state index contributed by atoms with van der Waals surface area (Å²) >= 11 is 6.70. The summed E-state index contributed by atoms with van der Waals surface area (Å²) in [5.41, 5.74) is 1.71. The molecule has 0 aromatic carbocycles. The van der Waals surface area contributed by atoms with Crippen LogP contribution in [0.1, 0.15) is 57.6 Å². The van der Waals surface area contributed by atoms with E-state index in [0.717, 1.165) is 31.2 Å². The van der Waals surface area contributed by atoms with Gasteiger partial charge in [-0.2, -0.15) is 0 Å². The van der Waals surface area contributed by atoms with Crippen molar-refractivity contribution in [3.8, 4) is 0 Å². The van der Waals surface area contributed by atoms with Crippen LogP contribution < -0.4 is 10.9 Å². The lowest BCUT2D eigenvalue weighted by Gasteiger charge is -2.14. The van der Waals surface area contributed by atoms with Crippen LogP contribution in [0.25, 0.3) is 11.7 Å². The zero-order valence-electron chi connectivity index (χ0n) is 18.6. The molecule has 166 valence electrons. The zero-order chi connectivity index (χ0) is 22.5. The highest BCUT2D eigenvalue weighted by atomic mass is 32.2. The number of thiocarbonyl (C=S) groups is 1. The van der Waals surface area contributed by atoms with Crippen molar-refractivity contribution in [2.75, 3.05) is 18.4 Å². The van der Waals surface area contributed by atoms with Crippen molar-refractivity contribution >= 4 is 51.7 Å². The van der Waals surface area contributed by atoms with E-state index in [0.29, 0.717) is 45.3 Å². The average Bonchev–Trinajstić information content (AvgIpc) is 2.99. The first kappa shape index (κ1) is 23.5. The van der Waals surface area contributed by atoms with E-state index in [2.05, 4.69) is 26.1 Å². The summed E-state index contributed by atoms with van der Waals surface area (Å²) in [6.45, 7) is 9.57. The maximum Gasteiger partial charge on any atom is 0.267 e. The van der Waals surface area contributed by atoms with Gasteiger partial charge in [-0.15, -0.1) is 0 Å². The Balaban J connectivity index is 1.99. The molecule has 0 bridgehead atoms. The van der Waals surface area contributed by atoms with Gasteiger partial charge in [0.2, 0.25) is 0 Å². The van der Waals surface area contributed by atoms with Gasteiger partial charge < -0.3 is 5.32 Å². The second-order valence-electron chi connectivity index (χ2n) is 8.23. The van der Waals surface area contributed by atoms with Crippen LogP contribution >= 0.6 is 24.0 Å². The Morgan fingerprint density at radius 2 is 2.03 bits per heavy atom. The van der Waals surface area contributed by atoms with E-state index < -0.39 is 0 Å². The van der Waals surface area contributed by atoms with Crippen molar-refractivity contribution < 1.29 is 4.79 Å². The SMILES string of the molecule is CCCCCCN1C(=O)C(=Cc2c(NCC(C)C)nc3c(C)cccn3c2=O)SC1=S. The number of hydrogen-bond acceptors (Lipinski definition) is 6. The second kappa shape index (κ2) is 10.4. The van der Waals surface area contributed by atoms with Crippen LogP contribution in [0.4, 0.5) is 5.82 Å². The van der Waals surface area contributed by atoms with E-state index in [9.17, 15) is 9.59 Å². The predicted octanol–water partition coefficient (Wildman–Crippen LogP) is 4.85. The number of unbranched alkanes of at least 4 members (excludes halogenated alkanes) is 3. The molecule has 0 unspecified atom stereocenters. The van der Waals surface area contributed by atoms with Crippen LogP contribution in [0, 0.1) is 12.8 Å². The number of thioether (sulfide) groups is 1. The second-order valence-corrected chi connectivity index (χ2v) is 9.91. The van der Waals surface area contributed by atoms with Crippen molar-refractivity contribution in [1.29, 1.82) is 0 Å². The minimum atomic E-state index is -0.201. The van der Waals surface area contributed by atoms with Crippen LogP contribution in [-0.4, -0.2) is 37.6 Å². The molecule has 0 spiro atoms. The van der Waals surface area contributed by atoms with E-state index in [1.807, 2.05) is 19.1 Å². The topological polar surface area (TPSA) is 66.7 Å². The number of anilines is 1. The number of aromatic nitrogens is 2. The standard InChI is InChI=1S/C23H30N4O2S2/c1-5-6-7-8-11-27-22(29)18(31-23(27)30)13-17-19(24-14-15(2)3)25-20-16(4)10-9-12-26(20)21(17)28/h9-10,12-13,15,24H,5-8,11,14H2,1-4H3. The Labute approximate surface area is 193 Å². The number of amides is 1. The first-order valence-corrected chi connectivity index (χ1v) is 12.1. The summed E-state index contributed by atoms with van der Waals surface area (Å²) in [4.78, 5) is 33.2. The lowest BCUT2D eigenvalue weighted by molar-refractivity contribution is -0.122. The molecule has 8 heteroatoms. The van der Waals surface area contributed by atoms with Crippen LogP contribution in [-0.2, 0) is 4.79 Å². The molecule has 31 heavy (non-hydrogen) atoms. The van der Waals surface area contributed by atoms with E-state index in [-0.39, 0.29) is 11.5 Å². The fourth-order valence-corrected chi connectivity index (χ4v) is 4.69. The zero-order valence-corrected chi connectivity index (χ0v) is 20.2. The summed E-state index contributed by atoms with van der Waals surface area (Å²) in [5.74, 6) is 0.752. The van der Waals surface area contributed by atoms with Crippen LogP contribution in [0.3, 0.4) is 0 Å². The molecule has 0 aliphatic carbocycles. The fourth-order valence-electron chi connectivity index (χ4n) is 3.40. The molecular weight excluding hydrogens is 428 g/mol. The third-order valence-corrected chi connectivity index (χ3v) is 6.52. The molecule has 3 heterocycles. The van der Waals surface area contributed by atoms with Crippen molar-refractivity contribution in [3.05, 3.63) is 44.7 Å². The molecule has 1 aliphatic rings. The number of pyridine rings is 1. The quantitative estimate of drug-likeness (QED) is 0.329. The van der Waals surface area contributed by atoms with E-state index in [1.54, 1.807) is 17.2 Å². The number of fused-ring (bicyclic) bond motifs is 1. The summed E-state index contributed by atoms with van der Waals surface area (Å²) in [6, 6.07) is 3.75. The van der Waals surface area contributed by atoms with Gasteiger partial charge in [0.25, 0.3) is 11.5 Å². The highest BCUT2D eigenvalue weighted by Crippen LogP contribution is 2.33. The molecule has 3 rings (SSSR count). The van der Waals surface area contributed by atoms with Gasteiger partial charge in [0.05, 0.1) is 10.5 Å². The monoisotopic (exact) mass is 458 g/mol. The van der Waals surface area contributed by atoms with Crippen molar-refractivity contribution in [3.63, 3.8) is 0 Å². The molecule has 2 aromatic rings. The lowest BCUT2D eigenvalue weighted by Crippen LogP contribution is -2.29. The molecule has 1 fully saturated rings. The van der Waals surface area contributed by atoms with Gasteiger partial charge in [-0.3, -0.25) is 18.9 Å². The number of nitrogens with one attached hydrogen (secondary N) is 1. The number of carbonyl (C=O) groups excluding carboxylic acids is 1. The Kier molecular flexibility index (Phi) is 7.89. The van der Waals surface area contributed by atoms with E-state index in [4.69, 9.17) is 17.2 Å². The summed E-state index contributed by atoms with van der Waals surface area (Å²) < 4.78 is 2.09. The molecule has 0 radical (unpaired) electrons. The molecule has 1 aliphatic heterocycles. The summed E-state index contributed by atoms with van der Waals surface area (Å²) in [7, 11) is 0. The van der Waals surface area contributed by atoms with Gasteiger partial charge in [-0.25, -0.2) is 4.98 Å². The summed E-state index contributed by atoms with van der Waals surface area (Å²) in [5, 5.41) is 3.30. The Morgan fingerprint density at radius 3 is 2.74 bits per heavy atom. The van der Waals surface area contributed by atoms with Crippen LogP contribution in [0.15, 0.2) is 28.0 Å². The average molecular weight is 459 g/mol. The molecule has 2 aromatic heterocycles. The number of carbonyl (C=O) groups is 1. The molecule has 1 N–H and O–H groups in total. The van der Waals surface area contributed by atoms with Gasteiger partial charge >= 0.3 is 0 Å². The fraction of sp³-hybridized carbons (Fsp3) is 0.478. The minimum absolute atomic E-state index is 0.130. The summed E-state index contributed by atoms with van der Waals surface area (Å²) in [6.07, 6.45) is 7.65. The lowest BCUT2D eigenvalue weighted by atomic mass is 10.2. The van der Waals surface area contributed by atoms with Crippen molar-refractivity contribution in [2.45, 2.75) is 53.4 Å². The molecule has 6 nitrogen and oxygen atoms in total. The minimum Gasteiger partial charge on any atom is -0.369 e. The van der Waals surface area contributed by atoms with Crippen LogP contribution in [0.5, 0.6) is 0 Å². The van der Waals surface area contributed by atoms with Gasteiger partial charge in [-0.1, -0.05) is 70.1 Å². The van der Waals surface area contributed by atoms with E-state index in [1.165, 1.54) is 16.2 Å². The van der Waals surface area contributed by atoms with Gasteiger partial charge in [-0.05, 0) is 37.0 Å². The first-order chi connectivity index (χ1) is 14.8. The normalized spacial score (nSPS) is 15.6. The highest BCUT2D eigenvalue weighted by Gasteiger charge is 2.32. The number of nitrogens with zero attached hydrogens (tertiary/aromatic N) is 3. The van der Waals surface area contributed by atoms with Gasteiger partial charge in [0, 0.05) is 19.3 Å².